The van der Waals surface area contributed by atoms with E-state index in [1.165, 1.54) is 16.0 Å². The van der Waals surface area contributed by atoms with E-state index in [-0.39, 0.29) is 24.9 Å². The molecule has 3 rings (SSSR count). The van der Waals surface area contributed by atoms with Crippen molar-refractivity contribution in [3.8, 4) is 0 Å². The number of nitrogens with zero attached hydrogens (tertiary/aromatic N) is 2. The number of carbonyl (C=O) groups excluding carboxylic acids is 2. The highest BCUT2D eigenvalue weighted by atomic mass is 16.4. The van der Waals surface area contributed by atoms with Crippen molar-refractivity contribution in [2.24, 2.45) is 11.8 Å². The van der Waals surface area contributed by atoms with Gasteiger partial charge in [-0.2, -0.15) is 0 Å². The predicted octanol–water partition coefficient (Wildman–Crippen LogP) is 1.96. The van der Waals surface area contributed by atoms with E-state index in [2.05, 4.69) is 18.2 Å². The van der Waals surface area contributed by atoms with Crippen molar-refractivity contribution in [2.45, 2.75) is 38.5 Å². The minimum absolute atomic E-state index is 0.0143. The molecule has 27 heavy (non-hydrogen) atoms. The monoisotopic (exact) mass is 372 g/mol. The first kappa shape index (κ1) is 19.4. The number of carboxylic acid groups (broad SMARTS) is 1. The molecule has 1 N–H and O–H groups in total. The maximum atomic E-state index is 12.6. The zero-order valence-electron chi connectivity index (χ0n) is 15.9. The van der Waals surface area contributed by atoms with Gasteiger partial charge in [-0.3, -0.25) is 14.4 Å². The van der Waals surface area contributed by atoms with Gasteiger partial charge in [-0.15, -0.1) is 0 Å². The lowest BCUT2D eigenvalue weighted by Crippen LogP contribution is -2.47. The summed E-state index contributed by atoms with van der Waals surface area (Å²) in [4.78, 5) is 39.3. The molecule has 1 fully saturated rings. The van der Waals surface area contributed by atoms with Crippen molar-refractivity contribution >= 4 is 17.8 Å². The molecule has 0 spiro atoms. The van der Waals surface area contributed by atoms with E-state index in [4.69, 9.17) is 5.11 Å². The SMILES string of the molecule is CN(CC(=O)N1CCCC(C(=O)O)C1)C(=O)CC1CCc2ccccc2C1. The fraction of sp³-hybridized carbons (Fsp3) is 0.571. The Labute approximate surface area is 160 Å². The van der Waals surface area contributed by atoms with Crippen LogP contribution in [0.25, 0.3) is 0 Å². The summed E-state index contributed by atoms with van der Waals surface area (Å²) in [6.07, 6.45) is 4.67. The number of hydrogen-bond donors (Lipinski definition) is 1. The van der Waals surface area contributed by atoms with Gasteiger partial charge in [0.25, 0.3) is 0 Å². The summed E-state index contributed by atoms with van der Waals surface area (Å²) < 4.78 is 0. The Morgan fingerprint density at radius 2 is 1.93 bits per heavy atom. The Bertz CT molecular complexity index is 718. The molecule has 2 atom stereocenters. The van der Waals surface area contributed by atoms with Crippen LogP contribution in [0.5, 0.6) is 0 Å². The summed E-state index contributed by atoms with van der Waals surface area (Å²) in [7, 11) is 1.66. The highest BCUT2D eigenvalue weighted by molar-refractivity contribution is 5.85. The van der Waals surface area contributed by atoms with Crippen molar-refractivity contribution in [3.05, 3.63) is 35.4 Å². The van der Waals surface area contributed by atoms with Crippen molar-refractivity contribution in [2.75, 3.05) is 26.7 Å². The number of likely N-dealkylation sites (N-methyl/N-ethyl adjacent to an activating group) is 1. The van der Waals surface area contributed by atoms with Crippen molar-refractivity contribution < 1.29 is 19.5 Å². The number of likely N-dealkylation sites (tertiary alicyclic amines) is 1. The van der Waals surface area contributed by atoms with Gasteiger partial charge in [-0.05, 0) is 49.1 Å². The van der Waals surface area contributed by atoms with Crippen molar-refractivity contribution in [3.63, 3.8) is 0 Å². The van der Waals surface area contributed by atoms with Crippen LogP contribution in [0.1, 0.15) is 36.8 Å². The molecular weight excluding hydrogens is 344 g/mol. The smallest absolute Gasteiger partial charge is 0.308 e. The van der Waals surface area contributed by atoms with E-state index in [0.717, 1.165) is 19.3 Å². The molecule has 6 nitrogen and oxygen atoms in total. The van der Waals surface area contributed by atoms with Crippen LogP contribution in [0.4, 0.5) is 0 Å². The molecule has 2 amide bonds. The number of carbonyl (C=O) groups is 3. The molecule has 6 heteroatoms. The molecule has 1 aliphatic heterocycles. The Hall–Kier alpha value is -2.37. The fourth-order valence-corrected chi connectivity index (χ4v) is 4.15. The van der Waals surface area contributed by atoms with Crippen LogP contribution < -0.4 is 0 Å². The third-order valence-electron chi connectivity index (χ3n) is 5.83. The Morgan fingerprint density at radius 1 is 1.19 bits per heavy atom. The van der Waals surface area contributed by atoms with E-state index >= 15 is 0 Å². The lowest BCUT2D eigenvalue weighted by atomic mass is 9.82. The molecule has 0 radical (unpaired) electrons. The third kappa shape index (κ3) is 4.87. The summed E-state index contributed by atoms with van der Waals surface area (Å²) in [6.45, 7) is 0.841. The molecule has 0 bridgehead atoms. The number of aryl methyl sites for hydroxylation is 1. The molecule has 2 unspecified atom stereocenters. The highest BCUT2D eigenvalue weighted by Gasteiger charge is 2.29. The summed E-state index contributed by atoms with van der Waals surface area (Å²) >= 11 is 0. The standard InChI is InChI=1S/C21H28N2O4/c1-22(14-20(25)23-10-4-7-18(13-23)21(26)27)19(24)12-15-8-9-16-5-2-3-6-17(16)11-15/h2-3,5-6,15,18H,4,7-14H2,1H3,(H,26,27). The number of rotatable bonds is 5. The summed E-state index contributed by atoms with van der Waals surface area (Å²) in [5, 5.41) is 9.16. The fourth-order valence-electron chi connectivity index (χ4n) is 4.15. The van der Waals surface area contributed by atoms with Gasteiger partial charge in [-0.25, -0.2) is 0 Å². The number of hydrogen-bond acceptors (Lipinski definition) is 3. The number of carboxylic acids is 1. The van der Waals surface area contributed by atoms with Crippen molar-refractivity contribution in [1.29, 1.82) is 0 Å². The zero-order valence-corrected chi connectivity index (χ0v) is 15.9. The first-order valence-electron chi connectivity index (χ1n) is 9.75. The van der Waals surface area contributed by atoms with Gasteiger partial charge in [0.05, 0.1) is 12.5 Å². The van der Waals surface area contributed by atoms with Crippen LogP contribution in [0, 0.1) is 11.8 Å². The largest absolute Gasteiger partial charge is 0.481 e. The lowest BCUT2D eigenvalue weighted by molar-refractivity contribution is -0.147. The average molecular weight is 372 g/mol. The second-order valence-electron chi connectivity index (χ2n) is 7.85. The summed E-state index contributed by atoms with van der Waals surface area (Å²) in [5.41, 5.74) is 2.70. The van der Waals surface area contributed by atoms with Crippen molar-refractivity contribution in [1.82, 2.24) is 9.80 Å². The predicted molar refractivity (Wildman–Crippen MR) is 101 cm³/mol. The lowest BCUT2D eigenvalue weighted by Gasteiger charge is -2.32. The van der Waals surface area contributed by atoms with Gasteiger partial charge in [0.15, 0.2) is 0 Å². The minimum atomic E-state index is -0.852. The van der Waals surface area contributed by atoms with Gasteiger partial charge in [0.2, 0.25) is 11.8 Å². The van der Waals surface area contributed by atoms with E-state index in [1.54, 1.807) is 11.9 Å². The van der Waals surface area contributed by atoms with Crippen LogP contribution in [-0.4, -0.2) is 59.4 Å². The second-order valence-corrected chi connectivity index (χ2v) is 7.85. The number of benzene rings is 1. The maximum Gasteiger partial charge on any atom is 0.308 e. The van der Waals surface area contributed by atoms with Crippen LogP contribution in [-0.2, 0) is 27.2 Å². The molecule has 1 aliphatic carbocycles. The molecule has 1 aromatic carbocycles. The van der Waals surface area contributed by atoms with Gasteiger partial charge in [-0.1, -0.05) is 24.3 Å². The molecule has 0 saturated carbocycles. The maximum absolute atomic E-state index is 12.6. The number of aliphatic carboxylic acids is 1. The molecule has 1 heterocycles. The quantitative estimate of drug-likeness (QED) is 0.857. The van der Waals surface area contributed by atoms with Gasteiger partial charge in [0, 0.05) is 26.6 Å². The van der Waals surface area contributed by atoms with E-state index in [0.29, 0.717) is 31.7 Å². The summed E-state index contributed by atoms with van der Waals surface area (Å²) in [6, 6.07) is 8.38. The Kier molecular flexibility index (Phi) is 6.14. The van der Waals surface area contributed by atoms with Gasteiger partial charge in [0.1, 0.15) is 0 Å². The highest BCUT2D eigenvalue weighted by Crippen LogP contribution is 2.27. The van der Waals surface area contributed by atoms with E-state index in [9.17, 15) is 14.4 Å². The van der Waals surface area contributed by atoms with Crippen LogP contribution in [0.3, 0.4) is 0 Å². The molecule has 1 aromatic rings. The average Bonchev–Trinajstić information content (AvgIpc) is 2.67. The Balaban J connectivity index is 1.49. The molecular formula is C21H28N2O4. The first-order valence-corrected chi connectivity index (χ1v) is 9.75. The summed E-state index contributed by atoms with van der Waals surface area (Å²) in [5.74, 6) is -1.21. The molecule has 2 aliphatic rings. The second kappa shape index (κ2) is 8.55. The first-order chi connectivity index (χ1) is 12.9. The molecule has 1 saturated heterocycles. The van der Waals surface area contributed by atoms with Crippen LogP contribution >= 0.6 is 0 Å². The normalized spacial score (nSPS) is 22.0. The van der Waals surface area contributed by atoms with Crippen LogP contribution in [0.2, 0.25) is 0 Å². The number of fused-ring (bicyclic) bond motifs is 1. The number of piperidine rings is 1. The number of amides is 2. The van der Waals surface area contributed by atoms with Crippen LogP contribution in [0.15, 0.2) is 24.3 Å². The van der Waals surface area contributed by atoms with Gasteiger partial charge < -0.3 is 14.9 Å². The topological polar surface area (TPSA) is 77.9 Å². The molecule has 0 aromatic heterocycles. The van der Waals surface area contributed by atoms with Gasteiger partial charge >= 0.3 is 5.97 Å². The third-order valence-corrected chi connectivity index (χ3v) is 5.83. The molecule has 146 valence electrons. The zero-order chi connectivity index (χ0) is 19.4. The van der Waals surface area contributed by atoms with E-state index < -0.39 is 11.9 Å². The van der Waals surface area contributed by atoms with E-state index in [1.807, 2.05) is 6.07 Å². The Morgan fingerprint density at radius 3 is 2.67 bits per heavy atom. The minimum Gasteiger partial charge on any atom is -0.481 e.